The van der Waals surface area contributed by atoms with Crippen LogP contribution >= 0.6 is 0 Å². The summed E-state index contributed by atoms with van der Waals surface area (Å²) in [6.07, 6.45) is 5.44. The summed E-state index contributed by atoms with van der Waals surface area (Å²) < 4.78 is 4.95. The molecule has 0 aromatic heterocycles. The fraction of sp³-hybridized carbons (Fsp3) is 0.875. The van der Waals surface area contributed by atoms with Gasteiger partial charge in [0.25, 0.3) is 0 Å². The second kappa shape index (κ2) is 8.44. The molecule has 0 bridgehead atoms. The van der Waals surface area contributed by atoms with Gasteiger partial charge < -0.3 is 0 Å². The van der Waals surface area contributed by atoms with Crippen LogP contribution in [0, 0.1) is 0 Å². The quantitative estimate of drug-likeness (QED) is 0.525. The summed E-state index contributed by atoms with van der Waals surface area (Å²) >= 11 is 0. The van der Waals surface area contributed by atoms with Crippen molar-refractivity contribution in [3.8, 4) is 0 Å². The highest BCUT2D eigenvalue weighted by Gasteiger charge is 2.38. The molecular formula is C16H34N2+2. The highest BCUT2D eigenvalue weighted by molar-refractivity contribution is 5.74. The van der Waals surface area contributed by atoms with Gasteiger partial charge in [0.05, 0.1) is 0 Å². The number of hydrogen-bond acceptors (Lipinski definition) is 0. The van der Waals surface area contributed by atoms with E-state index < -0.39 is 0 Å². The van der Waals surface area contributed by atoms with Crippen LogP contribution in [-0.2, 0) is 0 Å². The van der Waals surface area contributed by atoms with E-state index >= 15 is 0 Å². The molecule has 1 saturated carbocycles. The number of rotatable bonds is 2. The average molecular weight is 254 g/mol. The summed E-state index contributed by atoms with van der Waals surface area (Å²) in [7, 11) is 4.49. The van der Waals surface area contributed by atoms with Crippen molar-refractivity contribution in [3.05, 3.63) is 0 Å². The Hall–Kier alpha value is -0.660. The highest BCUT2D eigenvalue weighted by Crippen LogP contribution is 2.23. The number of likely N-dealkylation sites (N-methyl/N-ethyl adjacent to an activating group) is 2. The summed E-state index contributed by atoms with van der Waals surface area (Å²) in [6, 6.07) is 1.39. The van der Waals surface area contributed by atoms with Gasteiger partial charge in [-0.1, -0.05) is 13.8 Å². The van der Waals surface area contributed by atoms with Crippen LogP contribution in [-0.4, -0.2) is 46.8 Å². The lowest BCUT2D eigenvalue weighted by Crippen LogP contribution is -2.46. The van der Waals surface area contributed by atoms with Crippen molar-refractivity contribution in [1.29, 1.82) is 0 Å². The topological polar surface area (TPSA) is 6.02 Å². The van der Waals surface area contributed by atoms with E-state index in [0.717, 1.165) is 0 Å². The molecule has 2 unspecified atom stereocenters. The maximum Gasteiger partial charge on any atom is 0.212 e. The van der Waals surface area contributed by atoms with Crippen LogP contribution < -0.4 is 0 Å². The Kier molecular flexibility index (Phi) is 8.13. The van der Waals surface area contributed by atoms with Gasteiger partial charge in [0.1, 0.15) is 25.5 Å². The second-order valence-electron chi connectivity index (χ2n) is 5.54. The van der Waals surface area contributed by atoms with E-state index in [1.54, 1.807) is 0 Å². The second-order valence-corrected chi connectivity index (χ2v) is 5.54. The summed E-state index contributed by atoms with van der Waals surface area (Å²) in [4.78, 5) is 0. The van der Waals surface area contributed by atoms with Crippen molar-refractivity contribution >= 4 is 11.4 Å². The Balaban J connectivity index is 0.00000137. The Morgan fingerprint density at radius 2 is 1.00 bits per heavy atom. The van der Waals surface area contributed by atoms with Gasteiger partial charge in [-0.25, -0.2) is 9.15 Å². The van der Waals surface area contributed by atoms with Crippen LogP contribution in [0.1, 0.15) is 67.2 Å². The van der Waals surface area contributed by atoms with Gasteiger partial charge in [-0.05, 0) is 12.8 Å². The molecule has 1 fully saturated rings. The summed E-state index contributed by atoms with van der Waals surface area (Å²) in [5.74, 6) is 0. The molecule has 1 aliphatic carbocycles. The van der Waals surface area contributed by atoms with Crippen molar-refractivity contribution in [2.24, 2.45) is 0 Å². The summed E-state index contributed by atoms with van der Waals surface area (Å²) in [5, 5.41) is 0. The molecule has 0 aromatic rings. The lowest BCUT2D eigenvalue weighted by atomic mass is 9.89. The molecule has 2 atom stereocenters. The zero-order valence-electron chi connectivity index (χ0n) is 13.9. The summed E-state index contributed by atoms with van der Waals surface area (Å²) in [6.45, 7) is 12.9. The van der Waals surface area contributed by atoms with Crippen LogP contribution in [0.5, 0.6) is 0 Å². The van der Waals surface area contributed by atoms with Gasteiger partial charge in [0.15, 0.2) is 0 Å². The van der Waals surface area contributed by atoms with Crippen molar-refractivity contribution in [2.75, 3.05) is 14.1 Å². The minimum absolute atomic E-state index is 0.693. The first kappa shape index (κ1) is 17.3. The molecule has 0 aromatic carbocycles. The molecule has 18 heavy (non-hydrogen) atoms. The third kappa shape index (κ3) is 4.55. The van der Waals surface area contributed by atoms with E-state index in [-0.39, 0.29) is 0 Å². The normalized spacial score (nSPS) is 22.7. The molecule has 0 saturated heterocycles. The fourth-order valence-electron chi connectivity index (χ4n) is 2.66. The van der Waals surface area contributed by atoms with Crippen molar-refractivity contribution in [3.63, 3.8) is 0 Å². The van der Waals surface area contributed by atoms with Gasteiger partial charge in [0.2, 0.25) is 12.1 Å². The molecule has 1 aliphatic rings. The van der Waals surface area contributed by atoms with Crippen molar-refractivity contribution < 1.29 is 9.15 Å². The van der Waals surface area contributed by atoms with Gasteiger partial charge in [-0.3, -0.25) is 0 Å². The molecule has 0 radical (unpaired) electrons. The Bertz CT molecular complexity index is 273. The fourth-order valence-corrected chi connectivity index (χ4v) is 2.66. The molecule has 0 heterocycles. The van der Waals surface area contributed by atoms with Gasteiger partial charge >= 0.3 is 0 Å². The van der Waals surface area contributed by atoms with Crippen LogP contribution in [0.15, 0.2) is 0 Å². The minimum Gasteiger partial charge on any atom is -0.231 e. The standard InChI is InChI=1S/C14H28N2.C2H6/c1-11(2)15(5)13-9-7-8-10-14(13)16(6)12(3)4;1-2/h13-14H,7-10H2,1-6H3;1-2H3/q+2;. The van der Waals surface area contributed by atoms with E-state index in [2.05, 4.69) is 50.9 Å². The third-order valence-electron chi connectivity index (χ3n) is 4.10. The van der Waals surface area contributed by atoms with Crippen LogP contribution in [0.2, 0.25) is 0 Å². The Morgan fingerprint density at radius 3 is 1.22 bits per heavy atom. The van der Waals surface area contributed by atoms with E-state index in [1.165, 1.54) is 37.1 Å². The molecule has 0 spiro atoms. The van der Waals surface area contributed by atoms with E-state index in [9.17, 15) is 0 Å². The zero-order valence-corrected chi connectivity index (χ0v) is 13.9. The third-order valence-corrected chi connectivity index (χ3v) is 4.10. The molecule has 0 N–H and O–H groups in total. The van der Waals surface area contributed by atoms with E-state index in [4.69, 9.17) is 0 Å². The lowest BCUT2D eigenvalue weighted by molar-refractivity contribution is -0.636. The molecule has 0 aliphatic heterocycles. The smallest absolute Gasteiger partial charge is 0.212 e. The Labute approximate surface area is 114 Å². The maximum atomic E-state index is 2.48. The molecule has 2 heteroatoms. The highest BCUT2D eigenvalue weighted by atomic mass is 15.1. The number of nitrogens with zero attached hydrogens (tertiary/aromatic N) is 2. The first-order valence-corrected chi connectivity index (χ1v) is 7.51. The Morgan fingerprint density at radius 1 is 0.722 bits per heavy atom. The van der Waals surface area contributed by atoms with Gasteiger partial charge in [-0.2, -0.15) is 0 Å². The molecule has 1 rings (SSSR count). The first-order chi connectivity index (χ1) is 8.45. The SMILES string of the molecule is CC.CC(C)=[N+](C)C1CCCCC1[N+](C)=C(C)C. The molecule has 0 amide bonds. The predicted molar refractivity (Wildman–Crippen MR) is 82.5 cm³/mol. The molecular weight excluding hydrogens is 220 g/mol. The summed E-state index contributed by atoms with van der Waals surface area (Å²) in [5.41, 5.74) is 2.86. The van der Waals surface area contributed by atoms with Crippen LogP contribution in [0.4, 0.5) is 0 Å². The monoisotopic (exact) mass is 254 g/mol. The number of hydrogen-bond donors (Lipinski definition) is 0. The average Bonchev–Trinajstić information content (AvgIpc) is 2.39. The predicted octanol–water partition coefficient (Wildman–Crippen LogP) is 3.57. The molecule has 106 valence electrons. The van der Waals surface area contributed by atoms with Crippen LogP contribution in [0.25, 0.3) is 0 Å². The maximum absolute atomic E-state index is 2.48. The zero-order chi connectivity index (χ0) is 14.3. The van der Waals surface area contributed by atoms with Gasteiger partial charge in [0, 0.05) is 40.5 Å². The van der Waals surface area contributed by atoms with E-state index in [1.807, 2.05) is 13.8 Å². The lowest BCUT2D eigenvalue weighted by Gasteiger charge is -2.26. The largest absolute Gasteiger partial charge is 0.231 e. The van der Waals surface area contributed by atoms with Gasteiger partial charge in [-0.15, -0.1) is 0 Å². The minimum atomic E-state index is 0.693. The van der Waals surface area contributed by atoms with Crippen LogP contribution in [0.3, 0.4) is 0 Å². The van der Waals surface area contributed by atoms with Crippen molar-refractivity contribution in [1.82, 2.24) is 0 Å². The van der Waals surface area contributed by atoms with Crippen molar-refractivity contribution in [2.45, 2.75) is 79.3 Å². The first-order valence-electron chi connectivity index (χ1n) is 7.51. The van der Waals surface area contributed by atoms with E-state index in [0.29, 0.717) is 12.1 Å². The molecule has 2 nitrogen and oxygen atoms in total.